The van der Waals surface area contributed by atoms with E-state index in [0.29, 0.717) is 11.6 Å². The first-order valence-corrected chi connectivity index (χ1v) is 8.64. The lowest BCUT2D eigenvalue weighted by Gasteiger charge is -2.12. The van der Waals surface area contributed by atoms with Crippen molar-refractivity contribution in [2.75, 3.05) is 17.2 Å². The average molecular weight is 390 g/mol. The Hall–Kier alpha value is -3.20. The molecule has 0 aliphatic heterocycles. The highest BCUT2D eigenvalue weighted by atomic mass is 19.3. The predicted octanol–water partition coefficient (Wildman–Crippen LogP) is 3.07. The maximum absolute atomic E-state index is 12.5. The topological polar surface area (TPSA) is 88.4 Å². The molecule has 1 amide bonds. The zero-order chi connectivity index (χ0) is 20.1. The second-order valence-corrected chi connectivity index (χ2v) is 6.19. The molecule has 3 N–H and O–H groups in total. The molecule has 148 valence electrons. The molecule has 0 aliphatic rings. The van der Waals surface area contributed by atoms with E-state index in [0.717, 1.165) is 11.0 Å². The van der Waals surface area contributed by atoms with Crippen molar-refractivity contribution in [2.24, 2.45) is 0 Å². The third-order valence-corrected chi connectivity index (χ3v) is 3.88. The van der Waals surface area contributed by atoms with E-state index in [1.165, 1.54) is 24.3 Å². The Morgan fingerprint density at radius 2 is 1.93 bits per heavy atom. The van der Waals surface area contributed by atoms with Crippen LogP contribution < -0.4 is 15.4 Å². The SMILES string of the molecule is CC(O)CNc1nc2ccccc2n1CC(=O)Nc1ccc(OC(F)F)cc1. The minimum Gasteiger partial charge on any atom is -0.435 e. The lowest BCUT2D eigenvalue weighted by atomic mass is 10.3. The van der Waals surface area contributed by atoms with Gasteiger partial charge in [0.2, 0.25) is 11.9 Å². The molecule has 3 aromatic rings. The van der Waals surface area contributed by atoms with E-state index in [1.54, 1.807) is 11.5 Å². The molecule has 0 radical (unpaired) electrons. The number of halogens is 2. The molecule has 1 aromatic heterocycles. The van der Waals surface area contributed by atoms with Crippen LogP contribution in [-0.2, 0) is 11.3 Å². The highest BCUT2D eigenvalue weighted by Gasteiger charge is 2.14. The normalized spacial score (nSPS) is 12.2. The quantitative estimate of drug-likeness (QED) is 0.550. The van der Waals surface area contributed by atoms with Gasteiger partial charge in [-0.3, -0.25) is 4.79 Å². The van der Waals surface area contributed by atoms with E-state index in [4.69, 9.17) is 0 Å². The number of nitrogens with one attached hydrogen (secondary N) is 2. The number of ether oxygens (including phenoxy) is 1. The molecule has 2 aromatic carbocycles. The van der Waals surface area contributed by atoms with E-state index in [1.807, 2.05) is 24.3 Å². The maximum atomic E-state index is 12.5. The van der Waals surface area contributed by atoms with Gasteiger partial charge in [0.1, 0.15) is 12.3 Å². The van der Waals surface area contributed by atoms with E-state index in [2.05, 4.69) is 20.4 Å². The van der Waals surface area contributed by atoms with Gasteiger partial charge in [0.05, 0.1) is 17.1 Å². The largest absolute Gasteiger partial charge is 0.435 e. The molecular formula is C19H20F2N4O3. The standard InChI is InChI=1S/C19H20F2N4O3/c1-12(26)10-22-19-24-15-4-2-3-5-16(15)25(19)11-17(27)23-13-6-8-14(9-7-13)28-18(20)21/h2-9,12,18,26H,10-11H2,1H3,(H,22,24)(H,23,27). The van der Waals surface area contributed by atoms with Crippen LogP contribution in [-0.4, -0.2) is 39.8 Å². The second kappa shape index (κ2) is 8.66. The van der Waals surface area contributed by atoms with E-state index < -0.39 is 12.7 Å². The number of carbonyl (C=O) groups excluding carboxylic acids is 1. The van der Waals surface area contributed by atoms with Crippen molar-refractivity contribution in [3.8, 4) is 5.75 Å². The lowest BCUT2D eigenvalue weighted by Crippen LogP contribution is -2.22. The maximum Gasteiger partial charge on any atom is 0.387 e. The van der Waals surface area contributed by atoms with E-state index >= 15 is 0 Å². The summed E-state index contributed by atoms with van der Waals surface area (Å²) in [6.45, 7) is -0.981. The van der Waals surface area contributed by atoms with Crippen LogP contribution in [0.2, 0.25) is 0 Å². The average Bonchev–Trinajstić information content (AvgIpc) is 2.99. The summed E-state index contributed by atoms with van der Waals surface area (Å²) in [5.41, 5.74) is 1.94. The molecule has 3 rings (SSSR count). The van der Waals surface area contributed by atoms with Crippen LogP contribution in [0.5, 0.6) is 5.75 Å². The van der Waals surface area contributed by atoms with Gasteiger partial charge >= 0.3 is 6.61 Å². The molecule has 0 fully saturated rings. The molecule has 0 spiro atoms. The Labute approximate surface area is 159 Å². The number of amides is 1. The first-order chi connectivity index (χ1) is 13.4. The van der Waals surface area contributed by atoms with Crippen molar-refractivity contribution in [1.29, 1.82) is 0 Å². The van der Waals surface area contributed by atoms with Crippen molar-refractivity contribution in [3.63, 3.8) is 0 Å². The molecule has 0 bridgehead atoms. The number of aromatic nitrogens is 2. The fraction of sp³-hybridized carbons (Fsp3) is 0.263. The molecule has 1 unspecified atom stereocenters. The number of carbonyl (C=O) groups is 1. The summed E-state index contributed by atoms with van der Waals surface area (Å²) < 4.78 is 30.4. The number of nitrogens with zero attached hydrogens (tertiary/aromatic N) is 2. The van der Waals surface area contributed by atoms with Crippen LogP contribution in [0.1, 0.15) is 6.92 Å². The highest BCUT2D eigenvalue weighted by Crippen LogP contribution is 2.21. The number of hydrogen-bond acceptors (Lipinski definition) is 5. The Balaban J connectivity index is 1.74. The smallest absolute Gasteiger partial charge is 0.387 e. The van der Waals surface area contributed by atoms with Crippen LogP contribution >= 0.6 is 0 Å². The highest BCUT2D eigenvalue weighted by molar-refractivity contribution is 5.92. The van der Waals surface area contributed by atoms with Gasteiger partial charge < -0.3 is 25.0 Å². The van der Waals surface area contributed by atoms with Gasteiger partial charge in [-0.25, -0.2) is 4.98 Å². The molecule has 9 heteroatoms. The number of benzene rings is 2. The van der Waals surface area contributed by atoms with Crippen LogP contribution in [0.15, 0.2) is 48.5 Å². The molecule has 0 aliphatic carbocycles. The van der Waals surface area contributed by atoms with Gasteiger partial charge in [-0.2, -0.15) is 8.78 Å². The molecule has 1 atom stereocenters. The summed E-state index contributed by atoms with van der Waals surface area (Å²) in [4.78, 5) is 16.9. The van der Waals surface area contributed by atoms with Crippen LogP contribution in [0.3, 0.4) is 0 Å². The summed E-state index contributed by atoms with van der Waals surface area (Å²) in [6.07, 6.45) is -0.573. The number of rotatable bonds is 8. The lowest BCUT2D eigenvalue weighted by molar-refractivity contribution is -0.116. The third kappa shape index (κ3) is 4.95. The van der Waals surface area contributed by atoms with Gasteiger partial charge in [-0.1, -0.05) is 12.1 Å². The third-order valence-electron chi connectivity index (χ3n) is 3.88. The second-order valence-electron chi connectivity index (χ2n) is 6.19. The molecular weight excluding hydrogens is 370 g/mol. The van der Waals surface area contributed by atoms with Crippen LogP contribution in [0.25, 0.3) is 11.0 Å². The number of fused-ring (bicyclic) bond motifs is 1. The zero-order valence-corrected chi connectivity index (χ0v) is 15.1. The molecule has 1 heterocycles. The summed E-state index contributed by atoms with van der Waals surface area (Å²) in [5.74, 6) is 0.168. The predicted molar refractivity (Wildman–Crippen MR) is 102 cm³/mol. The van der Waals surface area contributed by atoms with Crippen molar-refractivity contribution in [1.82, 2.24) is 9.55 Å². The van der Waals surface area contributed by atoms with Crippen molar-refractivity contribution in [2.45, 2.75) is 26.2 Å². The van der Waals surface area contributed by atoms with E-state index in [9.17, 15) is 18.7 Å². The minimum atomic E-state index is -2.90. The van der Waals surface area contributed by atoms with Crippen molar-refractivity contribution >= 4 is 28.6 Å². The van der Waals surface area contributed by atoms with Crippen LogP contribution in [0.4, 0.5) is 20.4 Å². The van der Waals surface area contributed by atoms with Gasteiger partial charge in [0, 0.05) is 12.2 Å². The minimum absolute atomic E-state index is 0.0122. The molecule has 0 saturated carbocycles. The number of hydrogen-bond donors (Lipinski definition) is 3. The molecule has 0 saturated heterocycles. The Kier molecular flexibility index (Phi) is 6.05. The molecule has 28 heavy (non-hydrogen) atoms. The van der Waals surface area contributed by atoms with Crippen molar-refractivity contribution in [3.05, 3.63) is 48.5 Å². The number of alkyl halides is 2. The summed E-state index contributed by atoms with van der Waals surface area (Å²) >= 11 is 0. The fourth-order valence-electron chi connectivity index (χ4n) is 2.67. The Bertz CT molecular complexity index is 942. The number of para-hydroxylation sites is 2. The first-order valence-electron chi connectivity index (χ1n) is 8.64. The van der Waals surface area contributed by atoms with Gasteiger partial charge in [0.25, 0.3) is 0 Å². The van der Waals surface area contributed by atoms with E-state index in [-0.39, 0.29) is 24.7 Å². The van der Waals surface area contributed by atoms with Crippen molar-refractivity contribution < 1.29 is 23.4 Å². The Morgan fingerprint density at radius 3 is 2.61 bits per heavy atom. The molecule has 7 nitrogen and oxygen atoms in total. The summed E-state index contributed by atoms with van der Waals surface area (Å²) in [6, 6.07) is 13.0. The van der Waals surface area contributed by atoms with Gasteiger partial charge in [-0.05, 0) is 43.3 Å². The van der Waals surface area contributed by atoms with Gasteiger partial charge in [0.15, 0.2) is 0 Å². The summed E-state index contributed by atoms with van der Waals surface area (Å²) in [7, 11) is 0. The zero-order valence-electron chi connectivity index (χ0n) is 15.1. The fourth-order valence-corrected chi connectivity index (χ4v) is 2.67. The Morgan fingerprint density at radius 1 is 1.21 bits per heavy atom. The van der Waals surface area contributed by atoms with Crippen LogP contribution in [0, 0.1) is 0 Å². The number of aliphatic hydroxyl groups excluding tert-OH is 1. The number of imidazole rings is 1. The first kappa shape index (κ1) is 19.6. The number of anilines is 2. The monoisotopic (exact) mass is 390 g/mol. The summed E-state index contributed by atoms with van der Waals surface area (Å²) in [5, 5.41) is 15.2. The van der Waals surface area contributed by atoms with Gasteiger partial charge in [-0.15, -0.1) is 0 Å². The number of aliphatic hydroxyl groups is 1.